The molecule has 1 aromatic carbocycles. The highest BCUT2D eigenvalue weighted by atomic mass is 16.1. The number of carbonyl (C=O) groups is 1. The molecule has 0 amide bonds. The van der Waals surface area contributed by atoms with Crippen LogP contribution in [0, 0.1) is 11.8 Å². The van der Waals surface area contributed by atoms with Gasteiger partial charge in [0.2, 0.25) is 0 Å². The third-order valence-electron chi connectivity index (χ3n) is 3.52. The fourth-order valence-electron chi connectivity index (χ4n) is 2.58. The monoisotopic (exact) mass is 214 g/mol. The molecule has 1 aromatic rings. The lowest BCUT2D eigenvalue weighted by Crippen LogP contribution is -2.25. The van der Waals surface area contributed by atoms with E-state index in [1.165, 1.54) is 12.8 Å². The molecule has 1 saturated carbocycles. The van der Waals surface area contributed by atoms with E-state index in [-0.39, 0.29) is 5.92 Å². The molecule has 0 saturated heterocycles. The molecule has 0 spiro atoms. The summed E-state index contributed by atoms with van der Waals surface area (Å²) in [5, 5.41) is 0. The van der Waals surface area contributed by atoms with Crippen molar-refractivity contribution in [2.24, 2.45) is 11.8 Å². The smallest absolute Gasteiger partial charge is 0.166 e. The summed E-state index contributed by atoms with van der Waals surface area (Å²) < 4.78 is 0. The predicted octanol–water partition coefficient (Wildman–Crippen LogP) is 3.86. The van der Waals surface area contributed by atoms with E-state index >= 15 is 0 Å². The van der Waals surface area contributed by atoms with Crippen LogP contribution < -0.4 is 0 Å². The second-order valence-electron chi connectivity index (χ2n) is 4.52. The Morgan fingerprint density at radius 3 is 2.56 bits per heavy atom. The van der Waals surface area contributed by atoms with E-state index in [2.05, 4.69) is 6.58 Å². The van der Waals surface area contributed by atoms with E-state index < -0.39 is 0 Å². The molecular weight excluding hydrogens is 196 g/mol. The summed E-state index contributed by atoms with van der Waals surface area (Å²) in [6.07, 6.45) is 6.50. The first-order valence-electron chi connectivity index (χ1n) is 6.04. The largest absolute Gasteiger partial charge is 0.294 e. The van der Waals surface area contributed by atoms with E-state index in [0.29, 0.717) is 11.7 Å². The third-order valence-corrected chi connectivity index (χ3v) is 3.52. The number of hydrogen-bond acceptors (Lipinski definition) is 1. The van der Waals surface area contributed by atoms with E-state index in [4.69, 9.17) is 0 Å². The summed E-state index contributed by atoms with van der Waals surface area (Å²) >= 11 is 0. The van der Waals surface area contributed by atoms with Crippen molar-refractivity contribution in [3.63, 3.8) is 0 Å². The van der Waals surface area contributed by atoms with Gasteiger partial charge in [-0.25, -0.2) is 0 Å². The van der Waals surface area contributed by atoms with Gasteiger partial charge in [-0.15, -0.1) is 6.58 Å². The van der Waals surface area contributed by atoms with E-state index in [9.17, 15) is 4.79 Å². The summed E-state index contributed by atoms with van der Waals surface area (Å²) in [6, 6.07) is 9.63. The molecule has 0 N–H and O–H groups in total. The van der Waals surface area contributed by atoms with Crippen molar-refractivity contribution < 1.29 is 4.79 Å². The minimum atomic E-state index is 0.161. The lowest BCUT2D eigenvalue weighted by molar-refractivity contribution is 0.0854. The zero-order chi connectivity index (χ0) is 11.4. The normalized spacial score (nSPS) is 25.0. The van der Waals surface area contributed by atoms with Gasteiger partial charge in [0.25, 0.3) is 0 Å². The van der Waals surface area contributed by atoms with Crippen LogP contribution in [0.3, 0.4) is 0 Å². The van der Waals surface area contributed by atoms with Crippen molar-refractivity contribution in [3.8, 4) is 0 Å². The van der Waals surface area contributed by atoms with Gasteiger partial charge in [0.1, 0.15) is 0 Å². The fraction of sp³-hybridized carbons (Fsp3) is 0.400. The molecule has 1 aliphatic carbocycles. The van der Waals surface area contributed by atoms with Crippen LogP contribution in [0.5, 0.6) is 0 Å². The van der Waals surface area contributed by atoms with Crippen LogP contribution >= 0.6 is 0 Å². The molecule has 0 aromatic heterocycles. The highest BCUT2D eigenvalue weighted by Gasteiger charge is 2.29. The number of ketones is 1. The first kappa shape index (κ1) is 11.1. The molecule has 16 heavy (non-hydrogen) atoms. The molecule has 1 nitrogen and oxygen atoms in total. The van der Waals surface area contributed by atoms with Crippen molar-refractivity contribution in [2.75, 3.05) is 0 Å². The number of rotatable bonds is 3. The number of benzene rings is 1. The van der Waals surface area contributed by atoms with E-state index in [0.717, 1.165) is 18.4 Å². The molecule has 0 bridgehead atoms. The quantitative estimate of drug-likeness (QED) is 0.551. The van der Waals surface area contributed by atoms with Gasteiger partial charge in [-0.05, 0) is 18.8 Å². The Morgan fingerprint density at radius 2 is 1.88 bits per heavy atom. The Morgan fingerprint density at radius 1 is 1.19 bits per heavy atom. The number of allylic oxidation sites excluding steroid dienone is 1. The first-order valence-corrected chi connectivity index (χ1v) is 6.04. The van der Waals surface area contributed by atoms with Crippen molar-refractivity contribution >= 4 is 5.78 Å². The lowest BCUT2D eigenvalue weighted by Gasteiger charge is -2.28. The van der Waals surface area contributed by atoms with Gasteiger partial charge in [-0.2, -0.15) is 0 Å². The predicted molar refractivity (Wildman–Crippen MR) is 66.4 cm³/mol. The molecule has 2 atom stereocenters. The van der Waals surface area contributed by atoms with Crippen LogP contribution in [-0.4, -0.2) is 5.78 Å². The number of carbonyl (C=O) groups excluding carboxylic acids is 1. The van der Waals surface area contributed by atoms with Crippen molar-refractivity contribution in [1.82, 2.24) is 0 Å². The van der Waals surface area contributed by atoms with Crippen molar-refractivity contribution in [3.05, 3.63) is 48.6 Å². The van der Waals surface area contributed by atoms with Crippen LogP contribution in [0.4, 0.5) is 0 Å². The molecule has 0 aliphatic heterocycles. The maximum atomic E-state index is 12.3. The van der Waals surface area contributed by atoms with Gasteiger partial charge >= 0.3 is 0 Å². The molecule has 84 valence electrons. The molecule has 1 fully saturated rings. The van der Waals surface area contributed by atoms with E-state index in [1.807, 2.05) is 36.4 Å². The average molecular weight is 214 g/mol. The van der Waals surface area contributed by atoms with Gasteiger partial charge in [0.05, 0.1) is 0 Å². The lowest BCUT2D eigenvalue weighted by atomic mass is 9.75. The fourth-order valence-corrected chi connectivity index (χ4v) is 2.58. The zero-order valence-corrected chi connectivity index (χ0v) is 9.56. The average Bonchev–Trinajstić information content (AvgIpc) is 2.39. The Balaban J connectivity index is 2.17. The van der Waals surface area contributed by atoms with Crippen LogP contribution in [0.1, 0.15) is 36.0 Å². The van der Waals surface area contributed by atoms with Crippen LogP contribution in [0.2, 0.25) is 0 Å². The van der Waals surface area contributed by atoms with Gasteiger partial charge in [-0.3, -0.25) is 4.79 Å². The summed E-state index contributed by atoms with van der Waals surface area (Å²) in [4.78, 5) is 12.3. The number of Topliss-reactive ketones (excluding diaryl/α,β-unsaturated/α-hetero) is 1. The summed E-state index contributed by atoms with van der Waals surface area (Å²) in [7, 11) is 0. The zero-order valence-electron chi connectivity index (χ0n) is 9.56. The van der Waals surface area contributed by atoms with Gasteiger partial charge in [-0.1, -0.05) is 49.2 Å². The molecular formula is C15H18O. The number of hydrogen-bond donors (Lipinski definition) is 0. The van der Waals surface area contributed by atoms with Crippen molar-refractivity contribution in [2.45, 2.75) is 25.7 Å². The molecule has 0 unspecified atom stereocenters. The van der Waals surface area contributed by atoms with Crippen LogP contribution in [0.15, 0.2) is 43.0 Å². The molecule has 1 heteroatoms. The van der Waals surface area contributed by atoms with Gasteiger partial charge < -0.3 is 0 Å². The minimum absolute atomic E-state index is 0.161. The highest BCUT2D eigenvalue weighted by molar-refractivity contribution is 5.98. The maximum absolute atomic E-state index is 12.3. The maximum Gasteiger partial charge on any atom is 0.166 e. The molecule has 0 heterocycles. The first-order chi connectivity index (χ1) is 7.83. The highest BCUT2D eigenvalue weighted by Crippen LogP contribution is 2.33. The molecule has 2 rings (SSSR count). The van der Waals surface area contributed by atoms with E-state index in [1.54, 1.807) is 0 Å². The standard InChI is InChI=1S/C15H18O/c1-2-12-8-6-7-11-14(12)15(16)13-9-4-3-5-10-13/h2-5,9-10,12,14H,1,6-8,11H2/t12-,14+/m1/s1. The second kappa shape index (κ2) is 5.11. The summed E-state index contributed by atoms with van der Waals surface area (Å²) in [5.74, 6) is 0.834. The van der Waals surface area contributed by atoms with Gasteiger partial charge in [0, 0.05) is 11.5 Å². The van der Waals surface area contributed by atoms with Crippen molar-refractivity contribution in [1.29, 1.82) is 0 Å². The van der Waals surface area contributed by atoms with Gasteiger partial charge in [0.15, 0.2) is 5.78 Å². The van der Waals surface area contributed by atoms with Crippen LogP contribution in [-0.2, 0) is 0 Å². The Kier molecular flexibility index (Phi) is 3.55. The third kappa shape index (κ3) is 2.24. The Hall–Kier alpha value is -1.37. The summed E-state index contributed by atoms with van der Waals surface area (Å²) in [5.41, 5.74) is 0.848. The molecule has 1 aliphatic rings. The Bertz CT molecular complexity index is 366. The summed E-state index contributed by atoms with van der Waals surface area (Å²) in [6.45, 7) is 3.86. The van der Waals surface area contributed by atoms with Crippen LogP contribution in [0.25, 0.3) is 0 Å². The minimum Gasteiger partial charge on any atom is -0.294 e. The Labute approximate surface area is 97.2 Å². The topological polar surface area (TPSA) is 17.1 Å². The molecule has 0 radical (unpaired) electrons. The SMILES string of the molecule is C=C[C@@H]1CCCC[C@@H]1C(=O)c1ccccc1. The second-order valence-corrected chi connectivity index (χ2v) is 4.52.